The number of thiophene rings is 2. The lowest BCUT2D eigenvalue weighted by Crippen LogP contribution is -2.21. The van der Waals surface area contributed by atoms with Gasteiger partial charge in [-0.25, -0.2) is 0 Å². The second-order valence-electron chi connectivity index (χ2n) is 4.70. The highest BCUT2D eigenvalue weighted by Gasteiger charge is 2.19. The van der Waals surface area contributed by atoms with E-state index in [9.17, 15) is 0 Å². The smallest absolute Gasteiger partial charge is 0.0468 e. The molecule has 0 radical (unpaired) electrons. The molecule has 1 saturated heterocycles. The van der Waals surface area contributed by atoms with Gasteiger partial charge in [-0.1, -0.05) is 0 Å². The Morgan fingerprint density at radius 1 is 1.35 bits per heavy atom. The van der Waals surface area contributed by atoms with Crippen molar-refractivity contribution in [2.75, 3.05) is 13.2 Å². The largest absolute Gasteiger partial charge is 0.381 e. The second kappa shape index (κ2) is 5.06. The van der Waals surface area contributed by atoms with Crippen LogP contribution >= 0.6 is 22.7 Å². The van der Waals surface area contributed by atoms with Gasteiger partial charge in [-0.3, -0.25) is 0 Å². The van der Waals surface area contributed by atoms with Gasteiger partial charge in [-0.05, 0) is 42.7 Å². The number of fused-ring (bicyclic) bond motifs is 1. The van der Waals surface area contributed by atoms with Gasteiger partial charge in [-0.2, -0.15) is 0 Å². The summed E-state index contributed by atoms with van der Waals surface area (Å²) < 4.78 is 8.15. The molecule has 1 atom stereocenters. The summed E-state index contributed by atoms with van der Waals surface area (Å²) in [7, 11) is 0. The van der Waals surface area contributed by atoms with E-state index < -0.39 is 0 Å². The van der Waals surface area contributed by atoms with Gasteiger partial charge < -0.3 is 10.5 Å². The summed E-state index contributed by atoms with van der Waals surface area (Å²) in [6.45, 7) is 1.83. The van der Waals surface area contributed by atoms with Crippen molar-refractivity contribution in [2.45, 2.75) is 25.3 Å². The Kier molecular flexibility index (Phi) is 3.47. The van der Waals surface area contributed by atoms with Gasteiger partial charge in [0, 0.05) is 33.5 Å². The van der Waals surface area contributed by atoms with E-state index in [0.29, 0.717) is 0 Å². The van der Waals surface area contributed by atoms with Crippen LogP contribution in [0.5, 0.6) is 0 Å². The maximum Gasteiger partial charge on any atom is 0.0468 e. The van der Waals surface area contributed by atoms with Crippen LogP contribution in [-0.4, -0.2) is 13.2 Å². The molecule has 4 heteroatoms. The third-order valence-corrected chi connectivity index (χ3v) is 5.68. The molecule has 0 amide bonds. The van der Waals surface area contributed by atoms with Crippen molar-refractivity contribution in [1.29, 1.82) is 0 Å². The van der Waals surface area contributed by atoms with E-state index in [1.54, 1.807) is 11.3 Å². The molecule has 17 heavy (non-hydrogen) atoms. The molecule has 1 fully saturated rings. The van der Waals surface area contributed by atoms with Crippen LogP contribution in [0.2, 0.25) is 0 Å². The Balaban J connectivity index is 1.68. The van der Waals surface area contributed by atoms with Gasteiger partial charge in [0.25, 0.3) is 0 Å². The summed E-state index contributed by atoms with van der Waals surface area (Å²) in [5, 5.41) is 2.15. The van der Waals surface area contributed by atoms with Crippen LogP contribution in [0, 0.1) is 5.92 Å². The molecule has 0 bridgehead atoms. The molecular weight excluding hydrogens is 250 g/mol. The SMILES string of the molecule is NC(CC1CCOCC1)c1cc2sccc2s1. The molecule has 2 nitrogen and oxygen atoms in total. The zero-order chi connectivity index (χ0) is 11.7. The topological polar surface area (TPSA) is 35.2 Å². The van der Waals surface area contributed by atoms with E-state index in [2.05, 4.69) is 17.5 Å². The summed E-state index contributed by atoms with van der Waals surface area (Å²) in [4.78, 5) is 1.35. The standard InChI is InChI=1S/C13H17NOS2/c14-10(7-9-1-4-15-5-2-9)12-8-13-11(17-12)3-6-16-13/h3,6,8-10H,1-2,4-5,7,14H2. The van der Waals surface area contributed by atoms with E-state index >= 15 is 0 Å². The number of ether oxygens (including phenoxy) is 1. The predicted molar refractivity (Wildman–Crippen MR) is 74.8 cm³/mol. The van der Waals surface area contributed by atoms with Crippen LogP contribution < -0.4 is 5.73 Å². The van der Waals surface area contributed by atoms with Crippen LogP contribution in [0.25, 0.3) is 9.40 Å². The lowest BCUT2D eigenvalue weighted by Gasteiger charge is -2.24. The highest BCUT2D eigenvalue weighted by atomic mass is 32.1. The number of hydrogen-bond acceptors (Lipinski definition) is 4. The summed E-state index contributed by atoms with van der Waals surface area (Å²) in [5.41, 5.74) is 6.32. The molecular formula is C13H17NOS2. The molecule has 1 aliphatic rings. The minimum atomic E-state index is 0.211. The van der Waals surface area contributed by atoms with Crippen molar-refractivity contribution < 1.29 is 4.74 Å². The summed E-state index contributed by atoms with van der Waals surface area (Å²) in [5.74, 6) is 0.749. The minimum absolute atomic E-state index is 0.211. The van der Waals surface area contributed by atoms with Gasteiger partial charge in [0.05, 0.1) is 0 Å². The van der Waals surface area contributed by atoms with E-state index in [1.807, 2.05) is 11.3 Å². The average molecular weight is 267 g/mol. The fraction of sp³-hybridized carbons (Fsp3) is 0.538. The van der Waals surface area contributed by atoms with Gasteiger partial charge in [0.2, 0.25) is 0 Å². The molecule has 92 valence electrons. The summed E-state index contributed by atoms with van der Waals surface area (Å²) >= 11 is 3.66. The van der Waals surface area contributed by atoms with Crippen molar-refractivity contribution in [1.82, 2.24) is 0 Å². The molecule has 3 heterocycles. The first-order valence-corrected chi connectivity index (χ1v) is 7.83. The fourth-order valence-electron chi connectivity index (χ4n) is 2.42. The molecule has 3 rings (SSSR count). The van der Waals surface area contributed by atoms with Crippen LogP contribution in [0.15, 0.2) is 17.5 Å². The van der Waals surface area contributed by atoms with Gasteiger partial charge in [-0.15, -0.1) is 22.7 Å². The molecule has 2 aromatic rings. The highest BCUT2D eigenvalue weighted by Crippen LogP contribution is 2.35. The number of nitrogens with two attached hydrogens (primary N) is 1. The second-order valence-corrected chi connectivity index (χ2v) is 6.76. The average Bonchev–Trinajstić information content (AvgIpc) is 2.90. The molecule has 1 aliphatic heterocycles. The van der Waals surface area contributed by atoms with Crippen molar-refractivity contribution in [3.05, 3.63) is 22.4 Å². The monoisotopic (exact) mass is 267 g/mol. The number of rotatable bonds is 3. The Morgan fingerprint density at radius 3 is 2.94 bits per heavy atom. The van der Waals surface area contributed by atoms with Crippen molar-refractivity contribution in [2.24, 2.45) is 11.7 Å². The van der Waals surface area contributed by atoms with Crippen LogP contribution in [0.1, 0.15) is 30.2 Å². The quantitative estimate of drug-likeness (QED) is 0.918. The Hall–Kier alpha value is -0.420. The van der Waals surface area contributed by atoms with Crippen LogP contribution in [0.3, 0.4) is 0 Å². The van der Waals surface area contributed by atoms with Gasteiger partial charge >= 0.3 is 0 Å². The zero-order valence-electron chi connectivity index (χ0n) is 9.72. The van der Waals surface area contributed by atoms with Crippen LogP contribution in [-0.2, 0) is 4.74 Å². The Labute approximate surface area is 109 Å². The normalized spacial score (nSPS) is 19.8. The third kappa shape index (κ3) is 2.55. The molecule has 0 aromatic carbocycles. The first-order valence-electron chi connectivity index (χ1n) is 6.13. The lowest BCUT2D eigenvalue weighted by molar-refractivity contribution is 0.0619. The van der Waals surface area contributed by atoms with Crippen molar-refractivity contribution in [3.8, 4) is 0 Å². The maximum absolute atomic E-state index is 6.32. The fourth-order valence-corrected chi connectivity index (χ4v) is 4.56. The molecule has 2 N–H and O–H groups in total. The molecule has 0 spiro atoms. The van der Waals surface area contributed by atoms with E-state index in [4.69, 9.17) is 10.5 Å². The highest BCUT2D eigenvalue weighted by molar-refractivity contribution is 7.26. The maximum atomic E-state index is 6.32. The van der Waals surface area contributed by atoms with E-state index in [-0.39, 0.29) is 6.04 Å². The van der Waals surface area contributed by atoms with Crippen molar-refractivity contribution in [3.63, 3.8) is 0 Å². The van der Waals surface area contributed by atoms with E-state index in [0.717, 1.165) is 25.6 Å². The first kappa shape index (κ1) is 11.7. The van der Waals surface area contributed by atoms with Crippen LogP contribution in [0.4, 0.5) is 0 Å². The molecule has 0 aliphatic carbocycles. The summed E-state index contributed by atoms with van der Waals surface area (Å²) in [6.07, 6.45) is 3.46. The molecule has 2 aromatic heterocycles. The third-order valence-electron chi connectivity index (χ3n) is 3.45. The van der Waals surface area contributed by atoms with Crippen molar-refractivity contribution >= 4 is 32.1 Å². The number of hydrogen-bond donors (Lipinski definition) is 1. The van der Waals surface area contributed by atoms with Gasteiger partial charge in [0.1, 0.15) is 0 Å². The Morgan fingerprint density at radius 2 is 2.18 bits per heavy atom. The molecule has 0 saturated carbocycles. The van der Waals surface area contributed by atoms with E-state index in [1.165, 1.54) is 27.1 Å². The first-order chi connectivity index (χ1) is 8.33. The summed E-state index contributed by atoms with van der Waals surface area (Å²) in [6, 6.07) is 4.67. The predicted octanol–water partition coefficient (Wildman–Crippen LogP) is 3.78. The zero-order valence-corrected chi connectivity index (χ0v) is 11.4. The minimum Gasteiger partial charge on any atom is -0.381 e. The molecule has 1 unspecified atom stereocenters. The lowest BCUT2D eigenvalue weighted by atomic mass is 9.92. The van der Waals surface area contributed by atoms with Gasteiger partial charge in [0.15, 0.2) is 0 Å². The Bertz CT molecular complexity index is 456.